The van der Waals surface area contributed by atoms with Crippen LogP contribution >= 0.6 is 0 Å². The van der Waals surface area contributed by atoms with Crippen LogP contribution in [0.25, 0.3) is 11.0 Å². The van der Waals surface area contributed by atoms with Gasteiger partial charge in [0.2, 0.25) is 5.76 Å². The van der Waals surface area contributed by atoms with E-state index < -0.39 is 6.04 Å². The van der Waals surface area contributed by atoms with Gasteiger partial charge in [-0.25, -0.2) is 0 Å². The molecule has 0 saturated carbocycles. The summed E-state index contributed by atoms with van der Waals surface area (Å²) in [5, 5.41) is 0.473. The Labute approximate surface area is 229 Å². The molecule has 1 aliphatic rings. The Morgan fingerprint density at radius 1 is 0.821 bits per heavy atom. The molecule has 0 radical (unpaired) electrons. The van der Waals surface area contributed by atoms with Crippen LogP contribution in [0.15, 0.2) is 57.7 Å². The summed E-state index contributed by atoms with van der Waals surface area (Å²) >= 11 is 0. The highest BCUT2D eigenvalue weighted by atomic mass is 16.5. The number of hydrogen-bond donors (Lipinski definition) is 0. The third kappa shape index (κ3) is 4.69. The molecule has 1 amide bonds. The third-order valence-electron chi connectivity index (χ3n) is 7.59. The van der Waals surface area contributed by atoms with Gasteiger partial charge in [0, 0.05) is 5.69 Å². The van der Waals surface area contributed by atoms with E-state index >= 15 is 0 Å². The number of rotatable bonds is 8. The van der Waals surface area contributed by atoms with Crippen molar-refractivity contribution in [3.63, 3.8) is 0 Å². The summed E-state index contributed by atoms with van der Waals surface area (Å²) in [5.74, 6) is 0.980. The zero-order valence-electron chi connectivity index (χ0n) is 23.5. The first-order valence-electron chi connectivity index (χ1n) is 13.6. The first-order chi connectivity index (χ1) is 18.7. The van der Waals surface area contributed by atoms with Crippen molar-refractivity contribution in [2.75, 3.05) is 18.1 Å². The normalized spacial score (nSPS) is 14.7. The van der Waals surface area contributed by atoms with E-state index in [1.807, 2.05) is 83.1 Å². The van der Waals surface area contributed by atoms with Crippen molar-refractivity contribution < 1.29 is 18.7 Å². The van der Waals surface area contributed by atoms with Gasteiger partial charge in [-0.3, -0.25) is 14.5 Å². The molecule has 3 aromatic carbocycles. The van der Waals surface area contributed by atoms with Crippen molar-refractivity contribution in [1.82, 2.24) is 0 Å². The highest BCUT2D eigenvalue weighted by molar-refractivity contribution is 6.10. The van der Waals surface area contributed by atoms with Crippen molar-refractivity contribution in [1.29, 1.82) is 0 Å². The molecule has 2 heterocycles. The van der Waals surface area contributed by atoms with Crippen LogP contribution < -0.4 is 19.8 Å². The lowest BCUT2D eigenvalue weighted by Crippen LogP contribution is -2.29. The van der Waals surface area contributed by atoms with E-state index in [0.29, 0.717) is 46.9 Å². The molecule has 1 aromatic heterocycles. The maximum absolute atomic E-state index is 14.1. The summed E-state index contributed by atoms with van der Waals surface area (Å²) in [7, 11) is 0. The topological polar surface area (TPSA) is 69.0 Å². The van der Waals surface area contributed by atoms with Gasteiger partial charge in [-0.2, -0.15) is 0 Å². The number of hydrogen-bond acceptors (Lipinski definition) is 5. The van der Waals surface area contributed by atoms with Crippen LogP contribution in [0.5, 0.6) is 11.5 Å². The second-order valence-electron chi connectivity index (χ2n) is 10.3. The molecule has 0 fully saturated rings. The SMILES string of the molecule is CCCCOc1ccc(C2c3c(oc4cc(C)c(C)cc4c3=O)C(=O)N2c2ccc(C)c(C)c2)cc1OCC. The monoisotopic (exact) mass is 525 g/mol. The molecule has 0 spiro atoms. The van der Waals surface area contributed by atoms with Crippen molar-refractivity contribution in [3.05, 3.63) is 97.9 Å². The van der Waals surface area contributed by atoms with E-state index in [-0.39, 0.29) is 17.1 Å². The molecular weight excluding hydrogens is 490 g/mol. The van der Waals surface area contributed by atoms with Gasteiger partial charge < -0.3 is 13.9 Å². The highest BCUT2D eigenvalue weighted by Crippen LogP contribution is 2.43. The van der Waals surface area contributed by atoms with Crippen LogP contribution in [0.2, 0.25) is 0 Å². The first kappa shape index (κ1) is 26.5. The van der Waals surface area contributed by atoms with Gasteiger partial charge in [0.25, 0.3) is 5.91 Å². The fraction of sp³-hybridized carbons (Fsp3) is 0.333. The van der Waals surface area contributed by atoms with Crippen molar-refractivity contribution in [2.45, 2.75) is 60.4 Å². The Hall–Kier alpha value is -4.06. The van der Waals surface area contributed by atoms with Crippen molar-refractivity contribution in [3.8, 4) is 11.5 Å². The van der Waals surface area contributed by atoms with Gasteiger partial charge in [0.1, 0.15) is 5.58 Å². The van der Waals surface area contributed by atoms with Crippen LogP contribution in [-0.2, 0) is 0 Å². The van der Waals surface area contributed by atoms with Crippen LogP contribution in [0.3, 0.4) is 0 Å². The second kappa shape index (κ2) is 10.6. The number of ether oxygens (including phenoxy) is 2. The lowest BCUT2D eigenvalue weighted by atomic mass is 9.96. The van der Waals surface area contributed by atoms with Crippen LogP contribution in [0.4, 0.5) is 5.69 Å². The lowest BCUT2D eigenvalue weighted by molar-refractivity contribution is 0.0971. The van der Waals surface area contributed by atoms with Crippen LogP contribution in [0.1, 0.15) is 76.7 Å². The molecule has 1 atom stereocenters. The minimum Gasteiger partial charge on any atom is -0.490 e. The van der Waals surface area contributed by atoms with E-state index in [9.17, 15) is 9.59 Å². The molecule has 0 N–H and O–H groups in total. The fourth-order valence-corrected chi connectivity index (χ4v) is 5.09. The summed E-state index contributed by atoms with van der Waals surface area (Å²) in [5.41, 5.74) is 6.20. The Kier molecular flexibility index (Phi) is 7.21. The number of aryl methyl sites for hydroxylation is 4. The molecule has 0 aliphatic carbocycles. The van der Waals surface area contributed by atoms with Gasteiger partial charge in [-0.15, -0.1) is 0 Å². The summed E-state index contributed by atoms with van der Waals surface area (Å²) < 4.78 is 18.2. The average Bonchev–Trinajstić information content (AvgIpc) is 3.20. The quantitative estimate of drug-likeness (QED) is 0.225. The summed E-state index contributed by atoms with van der Waals surface area (Å²) in [6.45, 7) is 13.1. The maximum Gasteiger partial charge on any atom is 0.295 e. The van der Waals surface area contributed by atoms with E-state index in [0.717, 1.165) is 40.7 Å². The molecule has 0 saturated heterocycles. The number of anilines is 1. The minimum absolute atomic E-state index is 0.0835. The van der Waals surface area contributed by atoms with E-state index in [1.165, 1.54) is 0 Å². The van der Waals surface area contributed by atoms with Crippen LogP contribution in [0, 0.1) is 27.7 Å². The van der Waals surface area contributed by atoms with Gasteiger partial charge in [-0.05, 0) is 105 Å². The maximum atomic E-state index is 14.1. The largest absolute Gasteiger partial charge is 0.490 e. The zero-order valence-corrected chi connectivity index (χ0v) is 23.5. The zero-order chi connectivity index (χ0) is 27.8. The third-order valence-corrected chi connectivity index (χ3v) is 7.59. The number of unbranched alkanes of at least 4 members (excludes halogenated alkanes) is 1. The Balaban J connectivity index is 1.74. The minimum atomic E-state index is -0.680. The predicted octanol–water partition coefficient (Wildman–Crippen LogP) is 7.35. The molecule has 202 valence electrons. The molecule has 39 heavy (non-hydrogen) atoms. The smallest absolute Gasteiger partial charge is 0.295 e. The van der Waals surface area contributed by atoms with Gasteiger partial charge >= 0.3 is 0 Å². The number of amides is 1. The van der Waals surface area contributed by atoms with Crippen molar-refractivity contribution in [2.24, 2.45) is 0 Å². The van der Waals surface area contributed by atoms with Gasteiger partial charge in [0.05, 0.1) is 30.2 Å². The average molecular weight is 526 g/mol. The predicted molar refractivity (Wildman–Crippen MR) is 155 cm³/mol. The van der Waals surface area contributed by atoms with E-state index in [1.54, 1.807) is 4.90 Å². The summed E-state index contributed by atoms with van der Waals surface area (Å²) in [6.07, 6.45) is 1.96. The highest BCUT2D eigenvalue weighted by Gasteiger charge is 2.44. The summed E-state index contributed by atoms with van der Waals surface area (Å²) in [6, 6.07) is 14.6. The lowest BCUT2D eigenvalue weighted by Gasteiger charge is -2.26. The van der Waals surface area contributed by atoms with Crippen LogP contribution in [-0.4, -0.2) is 19.1 Å². The molecule has 6 nitrogen and oxygen atoms in total. The first-order valence-corrected chi connectivity index (χ1v) is 13.6. The Bertz CT molecular complexity index is 1630. The van der Waals surface area contributed by atoms with Crippen molar-refractivity contribution >= 4 is 22.6 Å². The van der Waals surface area contributed by atoms with E-state index in [2.05, 4.69) is 6.92 Å². The van der Waals surface area contributed by atoms with Gasteiger partial charge in [-0.1, -0.05) is 25.5 Å². The standard InChI is InChI=1S/C33H35NO5/c1-7-9-14-38-26-13-11-23(18-28(26)37-8-2)30-29-31(35)25-16-21(5)22(6)17-27(25)39-32(29)33(36)34(30)24-12-10-19(3)20(4)15-24/h10-13,15-18,30H,7-9,14H2,1-6H3. The number of nitrogens with zero attached hydrogens (tertiary/aromatic N) is 1. The number of benzene rings is 3. The molecule has 1 aliphatic heterocycles. The molecule has 0 bridgehead atoms. The fourth-order valence-electron chi connectivity index (χ4n) is 5.09. The molecule has 6 heteroatoms. The molecule has 4 aromatic rings. The van der Waals surface area contributed by atoms with Gasteiger partial charge in [0.15, 0.2) is 16.9 Å². The number of carbonyl (C=O) groups is 1. The molecular formula is C33H35NO5. The number of fused-ring (bicyclic) bond motifs is 2. The summed E-state index contributed by atoms with van der Waals surface area (Å²) in [4.78, 5) is 29.8. The molecule has 1 unspecified atom stereocenters. The molecule has 5 rings (SSSR count). The Morgan fingerprint density at radius 2 is 1.56 bits per heavy atom. The number of carbonyl (C=O) groups excluding carboxylic acids is 1. The Morgan fingerprint density at radius 3 is 2.28 bits per heavy atom. The van der Waals surface area contributed by atoms with E-state index in [4.69, 9.17) is 13.9 Å². The second-order valence-corrected chi connectivity index (χ2v) is 10.3.